The molecule has 4 heteroatoms. The zero-order valence-electron chi connectivity index (χ0n) is 29.1. The first kappa shape index (κ1) is 29.7. The summed E-state index contributed by atoms with van der Waals surface area (Å²) in [4.78, 5) is 3.74. The molecule has 0 fully saturated rings. The lowest BCUT2D eigenvalue weighted by atomic mass is 9.69. The zero-order chi connectivity index (χ0) is 34.7. The number of rotatable bonds is 3. The van der Waals surface area contributed by atoms with Crippen molar-refractivity contribution in [2.45, 2.75) is 43.3 Å². The van der Waals surface area contributed by atoms with Gasteiger partial charge in [-0.1, -0.05) is 91.0 Å². The highest BCUT2D eigenvalue weighted by Crippen LogP contribution is 2.65. The summed E-state index contributed by atoms with van der Waals surface area (Å²) in [6, 6.07) is 40.1. The number of fused-ring (bicyclic) bond motifs is 15. The standard InChI is InChI=1S/C49H35NO2S/c1-2-12-30(13-3-1)50(32-22-24-37-36-17-7-11-21-47(36)53-48(37)27-32)31-23-25-43-44(26-31)52-45-28-38-35-16-6-10-20-41(35)49(42(38)29-46(45)51-43)39-18-8-4-14-33(39)34-15-5-9-19-40(34)49/h1-4,6,8,10-16,18-29,43-44H,5,7,9,17H2/t43?,44-,49?/m0/s1. The van der Waals surface area contributed by atoms with Crippen molar-refractivity contribution >= 4 is 44.4 Å². The van der Waals surface area contributed by atoms with Crippen molar-refractivity contribution in [1.82, 2.24) is 0 Å². The average Bonchev–Trinajstić information content (AvgIpc) is 3.83. The van der Waals surface area contributed by atoms with Gasteiger partial charge in [-0.05, 0) is 142 Å². The highest BCUT2D eigenvalue weighted by atomic mass is 32.1. The Balaban J connectivity index is 0.965. The van der Waals surface area contributed by atoms with Gasteiger partial charge in [-0.2, -0.15) is 0 Å². The van der Waals surface area contributed by atoms with Crippen LogP contribution in [-0.4, -0.2) is 12.2 Å². The molecule has 1 spiro atoms. The van der Waals surface area contributed by atoms with Gasteiger partial charge in [-0.25, -0.2) is 0 Å². The first-order chi connectivity index (χ1) is 26.3. The molecule has 1 aliphatic heterocycles. The SMILES string of the molecule is C1=Cc2sc3cc(N(C4=C[C@@H]5Oc6cc7c(cc6OC5C=C4)C4(C5=CCCC=C5c5ccccc54)c4ccccc4-7)c4ccccc4)ccc3c2CC1. The quantitative estimate of drug-likeness (QED) is 0.183. The molecule has 53 heavy (non-hydrogen) atoms. The summed E-state index contributed by atoms with van der Waals surface area (Å²) in [6.07, 6.45) is 20.0. The summed E-state index contributed by atoms with van der Waals surface area (Å²) in [5.74, 6) is 1.61. The molecule has 2 heterocycles. The second kappa shape index (κ2) is 11.1. The molecule has 1 aromatic heterocycles. The van der Waals surface area contributed by atoms with Crippen molar-refractivity contribution in [2.24, 2.45) is 0 Å². The third-order valence-electron chi connectivity index (χ3n) is 12.1. The van der Waals surface area contributed by atoms with E-state index in [2.05, 4.69) is 157 Å². The van der Waals surface area contributed by atoms with Crippen molar-refractivity contribution in [3.63, 3.8) is 0 Å². The summed E-state index contributed by atoms with van der Waals surface area (Å²) in [5, 5.41) is 1.38. The Kier molecular flexibility index (Phi) is 6.21. The van der Waals surface area contributed by atoms with Crippen molar-refractivity contribution in [3.05, 3.63) is 190 Å². The summed E-state index contributed by atoms with van der Waals surface area (Å²) in [5.41, 5.74) is 15.1. The monoisotopic (exact) mass is 701 g/mol. The number of hydrogen-bond acceptors (Lipinski definition) is 4. The minimum absolute atomic E-state index is 0.236. The summed E-state index contributed by atoms with van der Waals surface area (Å²) in [7, 11) is 0. The third kappa shape index (κ3) is 4.10. The first-order valence-corrected chi connectivity index (χ1v) is 19.7. The van der Waals surface area contributed by atoms with E-state index in [1.807, 2.05) is 11.3 Å². The highest BCUT2D eigenvalue weighted by Gasteiger charge is 2.54. The van der Waals surface area contributed by atoms with E-state index in [0.29, 0.717) is 0 Å². The third-order valence-corrected chi connectivity index (χ3v) is 13.3. The van der Waals surface area contributed by atoms with Crippen molar-refractivity contribution < 1.29 is 9.47 Å². The fourth-order valence-corrected chi connectivity index (χ4v) is 11.1. The average molecular weight is 702 g/mol. The van der Waals surface area contributed by atoms with E-state index in [4.69, 9.17) is 9.47 Å². The van der Waals surface area contributed by atoms with Crippen LogP contribution in [0.4, 0.5) is 11.4 Å². The van der Waals surface area contributed by atoms with E-state index in [-0.39, 0.29) is 17.6 Å². The Morgan fingerprint density at radius 3 is 2.32 bits per heavy atom. The van der Waals surface area contributed by atoms with E-state index < -0.39 is 0 Å². The van der Waals surface area contributed by atoms with Gasteiger partial charge in [0.05, 0.1) is 5.41 Å². The van der Waals surface area contributed by atoms with Gasteiger partial charge in [-0.3, -0.25) is 0 Å². The smallest absolute Gasteiger partial charge is 0.163 e. The Bertz CT molecular complexity index is 2710. The van der Waals surface area contributed by atoms with E-state index in [9.17, 15) is 0 Å². The maximum Gasteiger partial charge on any atom is 0.163 e. The number of para-hydroxylation sites is 1. The van der Waals surface area contributed by atoms with Crippen LogP contribution < -0.4 is 14.4 Å². The summed E-state index contributed by atoms with van der Waals surface area (Å²) < 4.78 is 15.2. The number of hydrogen-bond donors (Lipinski definition) is 0. The minimum atomic E-state index is -0.366. The van der Waals surface area contributed by atoms with Gasteiger partial charge in [0.1, 0.15) is 0 Å². The van der Waals surface area contributed by atoms with E-state index >= 15 is 0 Å². The van der Waals surface area contributed by atoms with Gasteiger partial charge >= 0.3 is 0 Å². The number of benzene rings is 5. The van der Waals surface area contributed by atoms with E-state index in [1.165, 1.54) is 65.1 Å². The highest BCUT2D eigenvalue weighted by molar-refractivity contribution is 7.20. The van der Waals surface area contributed by atoms with Crippen LogP contribution in [0.1, 0.15) is 52.0 Å². The van der Waals surface area contributed by atoms with Crippen LogP contribution in [0.25, 0.3) is 32.9 Å². The predicted molar refractivity (Wildman–Crippen MR) is 217 cm³/mol. The summed E-state index contributed by atoms with van der Waals surface area (Å²) in [6.45, 7) is 0. The number of anilines is 2. The number of allylic oxidation sites excluding steroid dienone is 6. The molecule has 6 aromatic rings. The molecule has 0 N–H and O–H groups in total. The zero-order valence-corrected chi connectivity index (χ0v) is 29.9. The van der Waals surface area contributed by atoms with Crippen molar-refractivity contribution in [2.75, 3.05) is 4.90 Å². The number of thiophene rings is 1. The second-order valence-corrected chi connectivity index (χ2v) is 15.9. The van der Waals surface area contributed by atoms with Crippen molar-refractivity contribution in [1.29, 1.82) is 0 Å². The molecule has 0 saturated carbocycles. The molecule has 0 bridgehead atoms. The molecule has 12 rings (SSSR count). The second-order valence-electron chi connectivity index (χ2n) is 14.9. The lowest BCUT2D eigenvalue weighted by Crippen LogP contribution is -2.40. The van der Waals surface area contributed by atoms with Crippen LogP contribution in [0.5, 0.6) is 11.5 Å². The van der Waals surface area contributed by atoms with Gasteiger partial charge in [0.15, 0.2) is 23.7 Å². The molecule has 0 radical (unpaired) electrons. The Morgan fingerprint density at radius 2 is 1.42 bits per heavy atom. The molecule has 254 valence electrons. The molecule has 3 nitrogen and oxygen atoms in total. The Labute approximate surface area is 313 Å². The molecule has 3 atom stereocenters. The number of ether oxygens (including phenoxy) is 2. The first-order valence-electron chi connectivity index (χ1n) is 18.9. The number of nitrogens with zero attached hydrogens (tertiary/aromatic N) is 1. The molecule has 0 amide bonds. The van der Waals surface area contributed by atoms with Crippen LogP contribution in [0.2, 0.25) is 0 Å². The van der Waals surface area contributed by atoms with Crippen molar-refractivity contribution in [3.8, 4) is 22.6 Å². The van der Waals surface area contributed by atoms with Gasteiger partial charge in [0, 0.05) is 26.6 Å². The van der Waals surface area contributed by atoms with E-state index in [0.717, 1.165) is 54.3 Å². The maximum atomic E-state index is 6.97. The molecular formula is C49H35NO2S. The van der Waals surface area contributed by atoms with Crippen LogP contribution >= 0.6 is 11.3 Å². The Hall–Kier alpha value is -5.84. The number of aryl methyl sites for hydroxylation is 1. The Morgan fingerprint density at radius 1 is 0.642 bits per heavy atom. The normalized spacial score (nSPS) is 22.2. The molecule has 5 aromatic carbocycles. The maximum absolute atomic E-state index is 6.97. The lowest BCUT2D eigenvalue weighted by molar-refractivity contribution is 0.0748. The van der Waals surface area contributed by atoms with Crippen LogP contribution in [0.3, 0.4) is 0 Å². The van der Waals surface area contributed by atoms with Gasteiger partial charge < -0.3 is 14.4 Å². The largest absolute Gasteiger partial charge is 0.478 e. The van der Waals surface area contributed by atoms with Gasteiger partial charge in [0.2, 0.25) is 0 Å². The fourth-order valence-electron chi connectivity index (χ4n) is 9.93. The van der Waals surface area contributed by atoms with Gasteiger partial charge in [-0.15, -0.1) is 11.3 Å². The predicted octanol–water partition coefficient (Wildman–Crippen LogP) is 12.1. The minimum Gasteiger partial charge on any atom is -0.478 e. The fraction of sp³-hybridized carbons (Fsp3) is 0.143. The molecule has 5 aliphatic carbocycles. The van der Waals surface area contributed by atoms with Crippen LogP contribution in [0.15, 0.2) is 157 Å². The molecule has 2 unspecified atom stereocenters. The topological polar surface area (TPSA) is 21.7 Å². The van der Waals surface area contributed by atoms with Crippen LogP contribution in [0, 0.1) is 0 Å². The summed E-state index contributed by atoms with van der Waals surface area (Å²) >= 11 is 1.90. The van der Waals surface area contributed by atoms with Gasteiger partial charge in [0.25, 0.3) is 0 Å². The molecular weight excluding hydrogens is 667 g/mol. The molecule has 0 saturated heterocycles. The lowest BCUT2D eigenvalue weighted by Gasteiger charge is -2.37. The van der Waals surface area contributed by atoms with E-state index in [1.54, 1.807) is 0 Å². The molecule has 6 aliphatic rings. The van der Waals surface area contributed by atoms with Crippen LogP contribution in [-0.2, 0) is 11.8 Å².